The Bertz CT molecular complexity index is 769. The molecule has 1 aliphatic carbocycles. The van der Waals surface area contributed by atoms with Crippen molar-refractivity contribution in [1.82, 2.24) is 0 Å². The summed E-state index contributed by atoms with van der Waals surface area (Å²) in [7, 11) is 3.18. The third-order valence-electron chi connectivity index (χ3n) is 4.25. The van der Waals surface area contributed by atoms with Crippen LogP contribution in [0.3, 0.4) is 0 Å². The van der Waals surface area contributed by atoms with Crippen LogP contribution in [-0.2, 0) is 16.1 Å². The molecule has 0 aliphatic heterocycles. The van der Waals surface area contributed by atoms with Crippen molar-refractivity contribution in [1.29, 1.82) is 0 Å². The first kappa shape index (κ1) is 18.8. The maximum absolute atomic E-state index is 11.5. The lowest BCUT2D eigenvalue weighted by Crippen LogP contribution is -2.05. The second-order valence-corrected chi connectivity index (χ2v) is 6.34. The summed E-state index contributed by atoms with van der Waals surface area (Å²) in [5, 5.41) is 0. The van der Waals surface area contributed by atoms with E-state index in [4.69, 9.17) is 18.9 Å². The summed E-state index contributed by atoms with van der Waals surface area (Å²) in [5.41, 5.74) is 1.93. The number of rotatable bonds is 9. The fourth-order valence-electron chi connectivity index (χ4n) is 2.62. The molecule has 0 unspecified atom stereocenters. The Kier molecular flexibility index (Phi) is 6.36. The molecule has 5 heteroatoms. The van der Waals surface area contributed by atoms with Crippen LogP contribution >= 0.6 is 0 Å². The van der Waals surface area contributed by atoms with Crippen molar-refractivity contribution in [3.63, 3.8) is 0 Å². The molecule has 2 aromatic rings. The van der Waals surface area contributed by atoms with E-state index in [2.05, 4.69) is 0 Å². The van der Waals surface area contributed by atoms with Gasteiger partial charge in [0.25, 0.3) is 0 Å². The van der Waals surface area contributed by atoms with Crippen LogP contribution < -0.4 is 14.2 Å². The first-order chi connectivity index (χ1) is 13.2. The van der Waals surface area contributed by atoms with Crippen molar-refractivity contribution in [2.24, 2.45) is 5.92 Å². The highest BCUT2D eigenvalue weighted by atomic mass is 16.5. The number of carbonyl (C=O) groups excluding carboxylic acids is 1. The van der Waals surface area contributed by atoms with Crippen LogP contribution in [-0.4, -0.2) is 26.8 Å². The van der Waals surface area contributed by atoms with Crippen molar-refractivity contribution in [3.05, 3.63) is 59.7 Å². The summed E-state index contributed by atoms with van der Waals surface area (Å²) >= 11 is 0. The van der Waals surface area contributed by atoms with E-state index in [0.29, 0.717) is 23.9 Å². The normalized spacial score (nSPS) is 13.4. The second kappa shape index (κ2) is 9.12. The topological polar surface area (TPSA) is 54.0 Å². The monoisotopic (exact) mass is 368 g/mol. The number of hydrogen-bond acceptors (Lipinski definition) is 5. The zero-order valence-corrected chi connectivity index (χ0v) is 15.6. The van der Waals surface area contributed by atoms with E-state index >= 15 is 0 Å². The van der Waals surface area contributed by atoms with E-state index in [0.717, 1.165) is 24.0 Å². The Hall–Kier alpha value is -2.95. The van der Waals surface area contributed by atoms with Gasteiger partial charge in [-0.15, -0.1) is 0 Å². The van der Waals surface area contributed by atoms with Crippen LogP contribution in [0.15, 0.2) is 48.5 Å². The number of benzene rings is 2. The summed E-state index contributed by atoms with van der Waals surface area (Å²) in [6, 6.07) is 13.6. The molecular weight excluding hydrogens is 344 g/mol. The molecule has 27 heavy (non-hydrogen) atoms. The Morgan fingerprint density at radius 1 is 1.07 bits per heavy atom. The zero-order chi connectivity index (χ0) is 19.1. The fraction of sp³-hybridized carbons (Fsp3) is 0.318. The van der Waals surface area contributed by atoms with E-state index in [9.17, 15) is 4.79 Å². The van der Waals surface area contributed by atoms with Gasteiger partial charge in [0.15, 0.2) is 11.5 Å². The number of hydrogen-bond donors (Lipinski definition) is 0. The summed E-state index contributed by atoms with van der Waals surface area (Å²) in [6.07, 6.45) is 5.56. The van der Waals surface area contributed by atoms with Crippen molar-refractivity contribution in [2.45, 2.75) is 19.4 Å². The molecule has 0 radical (unpaired) electrons. The van der Waals surface area contributed by atoms with Gasteiger partial charge in [-0.3, -0.25) is 4.79 Å². The molecule has 1 saturated carbocycles. The largest absolute Gasteiger partial charge is 0.493 e. The molecule has 142 valence electrons. The Labute approximate surface area is 159 Å². The lowest BCUT2D eigenvalue weighted by molar-refractivity contribution is -0.143. The summed E-state index contributed by atoms with van der Waals surface area (Å²) < 4.78 is 22.1. The van der Waals surface area contributed by atoms with Crippen LogP contribution in [0, 0.1) is 5.92 Å². The van der Waals surface area contributed by atoms with Gasteiger partial charge in [-0.05, 0) is 42.2 Å². The lowest BCUT2D eigenvalue weighted by atomic mass is 10.1. The lowest BCUT2D eigenvalue weighted by Gasteiger charge is -2.15. The number of esters is 1. The molecule has 0 amide bonds. The fourth-order valence-corrected chi connectivity index (χ4v) is 2.62. The second-order valence-electron chi connectivity index (χ2n) is 6.34. The highest BCUT2D eigenvalue weighted by molar-refractivity contribution is 5.75. The van der Waals surface area contributed by atoms with Gasteiger partial charge in [0.05, 0.1) is 20.1 Å². The molecule has 0 heterocycles. The first-order valence-electron chi connectivity index (χ1n) is 8.97. The van der Waals surface area contributed by atoms with Gasteiger partial charge in [0.2, 0.25) is 5.75 Å². The standard InChI is InChI=1S/C22H24O5/c1-24-19-13-17(9-6-12-26-22(23)18-10-11-18)14-20(25-2)21(19)27-15-16-7-4-3-5-8-16/h3-9,13-14,18H,10-12,15H2,1-2H3/b9-6+. The Morgan fingerprint density at radius 2 is 1.74 bits per heavy atom. The van der Waals surface area contributed by atoms with Crippen molar-refractivity contribution >= 4 is 12.0 Å². The molecule has 5 nitrogen and oxygen atoms in total. The van der Waals surface area contributed by atoms with Gasteiger partial charge < -0.3 is 18.9 Å². The van der Waals surface area contributed by atoms with Gasteiger partial charge in [0, 0.05) is 0 Å². The van der Waals surface area contributed by atoms with E-state index in [1.54, 1.807) is 20.3 Å². The minimum Gasteiger partial charge on any atom is -0.493 e. The van der Waals surface area contributed by atoms with E-state index in [1.807, 2.05) is 48.5 Å². The highest BCUT2D eigenvalue weighted by Crippen LogP contribution is 2.39. The Morgan fingerprint density at radius 3 is 2.33 bits per heavy atom. The highest BCUT2D eigenvalue weighted by Gasteiger charge is 2.30. The van der Waals surface area contributed by atoms with Crippen LogP contribution in [0.2, 0.25) is 0 Å². The number of ether oxygens (including phenoxy) is 4. The van der Waals surface area contributed by atoms with Gasteiger partial charge in [-0.25, -0.2) is 0 Å². The zero-order valence-electron chi connectivity index (χ0n) is 15.6. The molecule has 1 fully saturated rings. The molecule has 2 aromatic carbocycles. The minimum atomic E-state index is -0.112. The number of carbonyl (C=O) groups is 1. The average molecular weight is 368 g/mol. The van der Waals surface area contributed by atoms with Crippen molar-refractivity contribution < 1.29 is 23.7 Å². The molecule has 0 saturated heterocycles. The van der Waals surface area contributed by atoms with Gasteiger partial charge in [-0.1, -0.05) is 36.4 Å². The molecule has 3 rings (SSSR count). The van der Waals surface area contributed by atoms with Gasteiger partial charge in [-0.2, -0.15) is 0 Å². The van der Waals surface area contributed by atoms with Crippen LogP contribution in [0.25, 0.3) is 6.08 Å². The third-order valence-corrected chi connectivity index (χ3v) is 4.25. The van der Waals surface area contributed by atoms with Crippen LogP contribution in [0.5, 0.6) is 17.2 Å². The molecule has 0 N–H and O–H groups in total. The average Bonchev–Trinajstić information content (AvgIpc) is 3.55. The maximum atomic E-state index is 11.5. The molecule has 0 bridgehead atoms. The van der Waals surface area contributed by atoms with Gasteiger partial charge >= 0.3 is 5.97 Å². The Balaban J connectivity index is 1.68. The molecule has 0 spiro atoms. The van der Waals surface area contributed by atoms with E-state index in [1.165, 1.54) is 0 Å². The van der Waals surface area contributed by atoms with Crippen LogP contribution in [0.1, 0.15) is 24.0 Å². The predicted octanol–water partition coefficient (Wildman–Crippen LogP) is 4.25. The van der Waals surface area contributed by atoms with Gasteiger partial charge in [0.1, 0.15) is 13.2 Å². The SMILES string of the molecule is COc1cc(/C=C/COC(=O)C2CC2)cc(OC)c1OCc1ccccc1. The predicted molar refractivity (Wildman–Crippen MR) is 103 cm³/mol. The third kappa shape index (κ3) is 5.26. The van der Waals surface area contributed by atoms with Crippen molar-refractivity contribution in [2.75, 3.05) is 20.8 Å². The summed E-state index contributed by atoms with van der Waals surface area (Å²) in [4.78, 5) is 11.5. The van der Waals surface area contributed by atoms with Crippen LogP contribution in [0.4, 0.5) is 0 Å². The molecule has 0 atom stereocenters. The van der Waals surface area contributed by atoms with Crippen molar-refractivity contribution in [3.8, 4) is 17.2 Å². The molecule has 1 aliphatic rings. The quantitative estimate of drug-likeness (QED) is 0.620. The number of methoxy groups -OCH3 is 2. The van der Waals surface area contributed by atoms with E-state index in [-0.39, 0.29) is 18.5 Å². The first-order valence-corrected chi connectivity index (χ1v) is 8.97. The summed E-state index contributed by atoms with van der Waals surface area (Å²) in [6.45, 7) is 0.673. The summed E-state index contributed by atoms with van der Waals surface area (Å²) in [5.74, 6) is 1.72. The van der Waals surface area contributed by atoms with E-state index < -0.39 is 0 Å². The maximum Gasteiger partial charge on any atom is 0.309 e. The minimum absolute atomic E-state index is 0.111. The smallest absolute Gasteiger partial charge is 0.309 e. The molecule has 0 aromatic heterocycles. The molecular formula is C22H24O5.